The van der Waals surface area contributed by atoms with Gasteiger partial charge in [-0.2, -0.15) is 0 Å². The molecule has 0 aliphatic rings. The lowest BCUT2D eigenvalue weighted by molar-refractivity contribution is -0.143. The number of amides is 5. The molecule has 0 bridgehead atoms. The molecule has 4 atom stereocenters. The molecule has 5 amide bonds. The number of carboxylic acids is 2. The van der Waals surface area contributed by atoms with E-state index in [9.17, 15) is 38.7 Å². The van der Waals surface area contributed by atoms with Crippen LogP contribution in [-0.2, 0) is 33.6 Å². The molecule has 37 heavy (non-hydrogen) atoms. The maximum Gasteiger partial charge on any atom is 0.326 e. The van der Waals surface area contributed by atoms with Crippen LogP contribution in [-0.4, -0.2) is 88.4 Å². The van der Waals surface area contributed by atoms with E-state index in [2.05, 4.69) is 15.6 Å². The molecule has 18 heteroatoms. The highest BCUT2D eigenvalue weighted by molar-refractivity contribution is 5.97. The van der Waals surface area contributed by atoms with E-state index in [-0.39, 0.29) is 31.8 Å². The smallest absolute Gasteiger partial charge is 0.326 e. The highest BCUT2D eigenvalue weighted by atomic mass is 16.4. The van der Waals surface area contributed by atoms with Crippen LogP contribution in [0.5, 0.6) is 0 Å². The van der Waals surface area contributed by atoms with Gasteiger partial charge in [0.25, 0.3) is 0 Å². The van der Waals surface area contributed by atoms with Gasteiger partial charge >= 0.3 is 11.9 Å². The van der Waals surface area contributed by atoms with Crippen LogP contribution >= 0.6 is 0 Å². The molecule has 0 aliphatic heterocycles. The molecule has 15 N–H and O–H groups in total. The van der Waals surface area contributed by atoms with E-state index in [1.807, 2.05) is 5.32 Å². The summed E-state index contributed by atoms with van der Waals surface area (Å²) in [4.78, 5) is 86.3. The molecule has 208 valence electrons. The Morgan fingerprint density at radius 2 is 1.22 bits per heavy atom. The van der Waals surface area contributed by atoms with Crippen molar-refractivity contribution in [2.75, 3.05) is 6.54 Å². The number of aliphatic imine (C=N–C) groups is 1. The van der Waals surface area contributed by atoms with Crippen molar-refractivity contribution < 1.29 is 43.8 Å². The Morgan fingerprint density at radius 3 is 1.68 bits per heavy atom. The summed E-state index contributed by atoms with van der Waals surface area (Å²) in [6, 6.07) is -6.22. The predicted octanol–water partition coefficient (Wildman–Crippen LogP) is -5.48. The Balaban J connectivity index is 5.46. The zero-order valence-corrected chi connectivity index (χ0v) is 19.8. The first kappa shape index (κ1) is 32.5. The van der Waals surface area contributed by atoms with E-state index in [1.54, 1.807) is 0 Å². The largest absolute Gasteiger partial charge is 0.481 e. The Hall–Kier alpha value is -4.48. The topological polar surface area (TPSA) is 338 Å². The van der Waals surface area contributed by atoms with E-state index in [0.29, 0.717) is 6.42 Å². The summed E-state index contributed by atoms with van der Waals surface area (Å²) < 4.78 is 0. The molecular weight excluding hydrogens is 498 g/mol. The highest BCUT2D eigenvalue weighted by Gasteiger charge is 2.32. The van der Waals surface area contributed by atoms with Crippen LogP contribution in [0.15, 0.2) is 4.99 Å². The minimum atomic E-state index is -1.73. The van der Waals surface area contributed by atoms with Gasteiger partial charge in [-0.15, -0.1) is 0 Å². The SMILES string of the molecule is NC(=O)CCC(NC(=O)C(CC(N)=O)NC(=O)C(CC(=O)O)NC(=O)C(N)CCCN=C(N)N)C(=O)O. The first-order valence-electron chi connectivity index (χ1n) is 10.9. The fourth-order valence-corrected chi connectivity index (χ4v) is 2.81. The van der Waals surface area contributed by atoms with Crippen molar-refractivity contribution in [1.29, 1.82) is 0 Å². The third-order valence-electron chi connectivity index (χ3n) is 4.65. The average molecular weight is 532 g/mol. The lowest BCUT2D eigenvalue weighted by Crippen LogP contribution is -2.58. The van der Waals surface area contributed by atoms with Crippen LogP contribution in [0.1, 0.15) is 38.5 Å². The van der Waals surface area contributed by atoms with Gasteiger partial charge < -0.3 is 54.8 Å². The van der Waals surface area contributed by atoms with Gasteiger partial charge in [0.2, 0.25) is 29.5 Å². The summed E-state index contributed by atoms with van der Waals surface area (Å²) in [5.41, 5.74) is 26.2. The number of carboxylic acid groups (broad SMARTS) is 2. The van der Waals surface area contributed by atoms with E-state index in [1.165, 1.54) is 0 Å². The lowest BCUT2D eigenvalue weighted by Gasteiger charge is -2.24. The van der Waals surface area contributed by atoms with E-state index in [4.69, 9.17) is 33.8 Å². The van der Waals surface area contributed by atoms with Crippen molar-refractivity contribution in [1.82, 2.24) is 16.0 Å². The zero-order valence-electron chi connectivity index (χ0n) is 19.8. The second kappa shape index (κ2) is 16.2. The maximum atomic E-state index is 12.7. The number of nitrogens with one attached hydrogen (secondary N) is 3. The zero-order chi connectivity index (χ0) is 28.7. The first-order valence-corrected chi connectivity index (χ1v) is 10.9. The molecule has 0 aromatic carbocycles. The van der Waals surface area contributed by atoms with Gasteiger partial charge in [-0.25, -0.2) is 4.79 Å². The molecule has 0 radical (unpaired) electrons. The number of hydrogen-bond acceptors (Lipinski definition) is 9. The Bertz CT molecular complexity index is 905. The summed E-state index contributed by atoms with van der Waals surface area (Å²) in [5.74, 6) is -8.31. The fraction of sp³-hybridized carbons (Fsp3) is 0.579. The molecule has 18 nitrogen and oxygen atoms in total. The van der Waals surface area contributed by atoms with Crippen LogP contribution in [0.2, 0.25) is 0 Å². The second-order valence-electron chi connectivity index (χ2n) is 7.85. The van der Waals surface area contributed by atoms with Crippen LogP contribution in [0, 0.1) is 0 Å². The summed E-state index contributed by atoms with van der Waals surface area (Å²) in [5, 5.41) is 24.6. The monoisotopic (exact) mass is 531 g/mol. The van der Waals surface area contributed by atoms with E-state index < -0.39 is 78.5 Å². The molecule has 0 fully saturated rings. The number of primary amides is 2. The average Bonchev–Trinajstić information content (AvgIpc) is 2.76. The van der Waals surface area contributed by atoms with Crippen molar-refractivity contribution in [3.63, 3.8) is 0 Å². The van der Waals surface area contributed by atoms with Gasteiger partial charge in [-0.3, -0.25) is 33.8 Å². The fourth-order valence-electron chi connectivity index (χ4n) is 2.81. The van der Waals surface area contributed by atoms with Crippen LogP contribution < -0.4 is 44.6 Å². The molecule has 0 aliphatic carbocycles. The molecule has 0 aromatic rings. The summed E-state index contributed by atoms with van der Waals surface area (Å²) in [6.07, 6.45) is -2.10. The molecule has 0 heterocycles. The Morgan fingerprint density at radius 1 is 0.703 bits per heavy atom. The molecule has 0 spiro atoms. The van der Waals surface area contributed by atoms with Crippen LogP contribution in [0.25, 0.3) is 0 Å². The normalized spacial score (nSPS) is 13.6. The summed E-state index contributed by atoms with van der Waals surface area (Å²) in [6.45, 7) is 0.170. The molecule has 0 saturated carbocycles. The van der Waals surface area contributed by atoms with Gasteiger partial charge in [0, 0.05) is 13.0 Å². The molecule has 0 saturated heterocycles. The van der Waals surface area contributed by atoms with Crippen LogP contribution in [0.3, 0.4) is 0 Å². The lowest BCUT2D eigenvalue weighted by atomic mass is 10.1. The van der Waals surface area contributed by atoms with Crippen LogP contribution in [0.4, 0.5) is 0 Å². The van der Waals surface area contributed by atoms with Gasteiger partial charge in [0.15, 0.2) is 5.96 Å². The van der Waals surface area contributed by atoms with Crippen molar-refractivity contribution in [3.8, 4) is 0 Å². The Kier molecular flexibility index (Phi) is 14.3. The first-order chi connectivity index (χ1) is 17.1. The minimum absolute atomic E-state index is 0.0820. The number of carbonyl (C=O) groups is 7. The van der Waals surface area contributed by atoms with Crippen molar-refractivity contribution >= 4 is 47.4 Å². The van der Waals surface area contributed by atoms with Gasteiger partial charge in [0.05, 0.1) is 18.9 Å². The number of carbonyl (C=O) groups excluding carboxylic acids is 5. The number of aliphatic carboxylic acids is 2. The minimum Gasteiger partial charge on any atom is -0.481 e. The predicted molar refractivity (Wildman–Crippen MR) is 126 cm³/mol. The second-order valence-corrected chi connectivity index (χ2v) is 7.85. The number of nitrogens with zero attached hydrogens (tertiary/aromatic N) is 1. The van der Waals surface area contributed by atoms with Crippen molar-refractivity contribution in [3.05, 3.63) is 0 Å². The Labute approximate surface area is 210 Å². The van der Waals surface area contributed by atoms with Gasteiger partial charge in [-0.1, -0.05) is 0 Å². The molecular formula is C19H33N9O9. The highest BCUT2D eigenvalue weighted by Crippen LogP contribution is 2.03. The van der Waals surface area contributed by atoms with E-state index in [0.717, 1.165) is 0 Å². The number of guanidine groups is 1. The van der Waals surface area contributed by atoms with Gasteiger partial charge in [-0.05, 0) is 19.3 Å². The quantitative estimate of drug-likeness (QED) is 0.0449. The standard InChI is InChI=1S/C19H33N9O9/c20-8(2-1-5-25-19(23)24)15(33)27-11(7-14(31)32)17(35)28-10(6-13(22)30)16(34)26-9(18(36)37)3-4-12(21)29/h8-11H,1-7,20H2,(H2,21,29)(H2,22,30)(H,26,34)(H,27,33)(H,28,35)(H,31,32)(H,36,37)(H4,23,24,25). The van der Waals surface area contributed by atoms with Gasteiger partial charge in [0.1, 0.15) is 18.1 Å². The molecule has 0 aromatic heterocycles. The molecule has 4 unspecified atom stereocenters. The number of rotatable bonds is 18. The third kappa shape index (κ3) is 14.5. The third-order valence-corrected chi connectivity index (χ3v) is 4.65. The summed E-state index contributed by atoms with van der Waals surface area (Å²) in [7, 11) is 0. The maximum absolute atomic E-state index is 12.7. The van der Waals surface area contributed by atoms with Crippen molar-refractivity contribution in [2.45, 2.75) is 62.7 Å². The van der Waals surface area contributed by atoms with Crippen molar-refractivity contribution in [2.24, 2.45) is 33.7 Å². The number of nitrogens with two attached hydrogens (primary N) is 5. The van der Waals surface area contributed by atoms with E-state index >= 15 is 0 Å². The number of hydrogen-bond donors (Lipinski definition) is 10. The molecule has 0 rings (SSSR count). The summed E-state index contributed by atoms with van der Waals surface area (Å²) >= 11 is 0.